The van der Waals surface area contributed by atoms with Crippen molar-refractivity contribution in [2.45, 2.75) is 6.54 Å². The second kappa shape index (κ2) is 8.17. The van der Waals surface area contributed by atoms with E-state index in [4.69, 9.17) is 16.3 Å². The minimum atomic E-state index is -0.357. The van der Waals surface area contributed by atoms with Gasteiger partial charge in [0.15, 0.2) is 5.75 Å². The molecule has 1 aromatic heterocycles. The molecule has 0 atom stereocenters. The molecule has 0 saturated carbocycles. The molecular formula is C19H16ClN3O2. The number of urea groups is 1. The molecule has 1 heterocycles. The maximum absolute atomic E-state index is 12.2. The third-order valence-electron chi connectivity index (χ3n) is 3.34. The third-order valence-corrected chi connectivity index (χ3v) is 3.57. The highest BCUT2D eigenvalue weighted by molar-refractivity contribution is 6.31. The fraction of sp³-hybridized carbons (Fsp3) is 0.0526. The Morgan fingerprint density at radius 3 is 2.68 bits per heavy atom. The van der Waals surface area contributed by atoms with Crippen molar-refractivity contribution in [1.82, 2.24) is 10.3 Å². The molecule has 0 fully saturated rings. The molecule has 3 rings (SSSR count). The molecule has 126 valence electrons. The van der Waals surface area contributed by atoms with Crippen molar-refractivity contribution in [1.29, 1.82) is 0 Å². The number of rotatable bonds is 5. The summed E-state index contributed by atoms with van der Waals surface area (Å²) < 4.78 is 5.82. The van der Waals surface area contributed by atoms with Gasteiger partial charge in [-0.3, -0.25) is 4.98 Å². The third kappa shape index (κ3) is 4.96. The Bertz CT molecular complexity index is 842. The van der Waals surface area contributed by atoms with Gasteiger partial charge in [-0.15, -0.1) is 0 Å². The summed E-state index contributed by atoms with van der Waals surface area (Å²) in [5, 5.41) is 6.03. The molecule has 0 spiro atoms. The number of benzene rings is 2. The number of nitrogens with zero attached hydrogens (tertiary/aromatic N) is 1. The fourth-order valence-corrected chi connectivity index (χ4v) is 2.33. The predicted octanol–water partition coefficient (Wildman–Crippen LogP) is 4.85. The summed E-state index contributed by atoms with van der Waals surface area (Å²) in [5.41, 5.74) is 1.39. The quantitative estimate of drug-likeness (QED) is 0.689. The number of halogens is 1. The van der Waals surface area contributed by atoms with Crippen molar-refractivity contribution < 1.29 is 9.53 Å². The summed E-state index contributed by atoms with van der Waals surface area (Å²) in [4.78, 5) is 16.2. The van der Waals surface area contributed by atoms with Gasteiger partial charge in [0.25, 0.3) is 0 Å². The molecule has 0 radical (unpaired) electrons. The minimum Gasteiger partial charge on any atom is -0.455 e. The number of pyridine rings is 1. The van der Waals surface area contributed by atoms with Crippen molar-refractivity contribution in [3.8, 4) is 11.5 Å². The molecule has 2 amide bonds. The molecular weight excluding hydrogens is 338 g/mol. The van der Waals surface area contributed by atoms with Crippen LogP contribution < -0.4 is 15.4 Å². The van der Waals surface area contributed by atoms with Crippen LogP contribution in [0.15, 0.2) is 73.1 Å². The average molecular weight is 354 g/mol. The maximum Gasteiger partial charge on any atom is 0.319 e. The highest BCUT2D eigenvalue weighted by Gasteiger charge is 2.10. The molecule has 2 aromatic carbocycles. The van der Waals surface area contributed by atoms with Crippen LogP contribution >= 0.6 is 11.6 Å². The lowest BCUT2D eigenvalue weighted by Gasteiger charge is -2.13. The monoisotopic (exact) mass is 353 g/mol. The Morgan fingerprint density at radius 2 is 1.92 bits per heavy atom. The van der Waals surface area contributed by atoms with Crippen LogP contribution in [0.4, 0.5) is 10.5 Å². The molecule has 2 N–H and O–H groups in total. The molecule has 5 nitrogen and oxygen atoms in total. The van der Waals surface area contributed by atoms with Gasteiger partial charge in [-0.25, -0.2) is 4.79 Å². The van der Waals surface area contributed by atoms with Gasteiger partial charge >= 0.3 is 6.03 Å². The number of aromatic nitrogens is 1. The number of hydrogen-bond donors (Lipinski definition) is 2. The molecule has 0 aliphatic carbocycles. The number of carbonyl (C=O) groups excluding carboxylic acids is 1. The topological polar surface area (TPSA) is 63.2 Å². The summed E-state index contributed by atoms with van der Waals surface area (Å²) in [7, 11) is 0. The minimum absolute atomic E-state index is 0.357. The van der Waals surface area contributed by atoms with Gasteiger partial charge in [0.2, 0.25) is 0 Å². The Kier molecular flexibility index (Phi) is 5.49. The molecule has 3 aromatic rings. The van der Waals surface area contributed by atoms with E-state index in [-0.39, 0.29) is 6.03 Å². The summed E-state index contributed by atoms with van der Waals surface area (Å²) in [6.45, 7) is 0.370. The lowest BCUT2D eigenvalue weighted by atomic mass is 10.2. The van der Waals surface area contributed by atoms with Crippen LogP contribution in [0.2, 0.25) is 5.02 Å². The first kappa shape index (κ1) is 16.8. The van der Waals surface area contributed by atoms with Crippen LogP contribution in [0.3, 0.4) is 0 Å². The van der Waals surface area contributed by atoms with Gasteiger partial charge in [0.05, 0.1) is 5.69 Å². The molecule has 0 unspecified atom stereocenters. The molecule has 0 aliphatic rings. The zero-order valence-electron chi connectivity index (χ0n) is 13.3. The van der Waals surface area contributed by atoms with Crippen LogP contribution in [0.5, 0.6) is 11.5 Å². The number of amides is 2. The van der Waals surface area contributed by atoms with E-state index in [2.05, 4.69) is 15.6 Å². The van der Waals surface area contributed by atoms with Crippen LogP contribution in [-0.2, 0) is 6.54 Å². The summed E-state index contributed by atoms with van der Waals surface area (Å²) >= 11 is 6.04. The van der Waals surface area contributed by atoms with Crippen LogP contribution in [0.25, 0.3) is 0 Å². The van der Waals surface area contributed by atoms with E-state index in [0.717, 1.165) is 5.56 Å². The van der Waals surface area contributed by atoms with E-state index in [9.17, 15) is 4.79 Å². The number of anilines is 1. The van der Waals surface area contributed by atoms with Crippen molar-refractivity contribution in [2.75, 3.05) is 5.32 Å². The second-order valence-electron chi connectivity index (χ2n) is 5.22. The van der Waals surface area contributed by atoms with Crippen LogP contribution in [-0.4, -0.2) is 11.0 Å². The Labute approximate surface area is 150 Å². The van der Waals surface area contributed by atoms with E-state index in [1.165, 1.54) is 0 Å². The van der Waals surface area contributed by atoms with Gasteiger partial charge in [-0.05, 0) is 42.0 Å². The Morgan fingerprint density at radius 1 is 1.08 bits per heavy atom. The number of para-hydroxylation sites is 1. The van der Waals surface area contributed by atoms with Crippen molar-refractivity contribution in [3.05, 3.63) is 83.6 Å². The number of ether oxygens (including phenoxy) is 1. The van der Waals surface area contributed by atoms with Crippen LogP contribution in [0.1, 0.15) is 5.56 Å². The molecule has 25 heavy (non-hydrogen) atoms. The van der Waals surface area contributed by atoms with Gasteiger partial charge in [0, 0.05) is 24.0 Å². The zero-order chi connectivity index (χ0) is 17.5. The first-order chi connectivity index (χ1) is 12.2. The van der Waals surface area contributed by atoms with E-state index in [1.807, 2.05) is 42.5 Å². The highest BCUT2D eigenvalue weighted by atomic mass is 35.5. The van der Waals surface area contributed by atoms with Crippen molar-refractivity contribution in [3.63, 3.8) is 0 Å². The summed E-state index contributed by atoms with van der Waals surface area (Å²) in [6, 6.07) is 17.7. The average Bonchev–Trinajstić information content (AvgIpc) is 2.64. The Hall–Kier alpha value is -3.05. The lowest BCUT2D eigenvalue weighted by molar-refractivity contribution is 0.251. The molecule has 0 aliphatic heterocycles. The Balaban J connectivity index is 1.68. The largest absolute Gasteiger partial charge is 0.455 e. The van der Waals surface area contributed by atoms with E-state index in [1.54, 1.807) is 30.6 Å². The lowest BCUT2D eigenvalue weighted by Crippen LogP contribution is -2.28. The van der Waals surface area contributed by atoms with Gasteiger partial charge < -0.3 is 15.4 Å². The zero-order valence-corrected chi connectivity index (χ0v) is 14.0. The predicted molar refractivity (Wildman–Crippen MR) is 98.1 cm³/mol. The number of carbonyl (C=O) groups is 1. The van der Waals surface area contributed by atoms with Gasteiger partial charge in [-0.1, -0.05) is 35.9 Å². The standard InChI is InChI=1S/C19H16ClN3O2/c20-15-8-9-18(25-16-6-2-1-3-7-16)17(11-15)23-19(24)22-13-14-5-4-10-21-12-14/h1-12H,13H2,(H2,22,23,24). The normalized spacial score (nSPS) is 10.1. The first-order valence-electron chi connectivity index (χ1n) is 7.67. The number of hydrogen-bond acceptors (Lipinski definition) is 3. The summed E-state index contributed by atoms with van der Waals surface area (Å²) in [5.74, 6) is 1.18. The second-order valence-corrected chi connectivity index (χ2v) is 5.66. The van der Waals surface area contributed by atoms with E-state index in [0.29, 0.717) is 28.8 Å². The SMILES string of the molecule is O=C(NCc1cccnc1)Nc1cc(Cl)ccc1Oc1ccccc1. The summed E-state index contributed by atoms with van der Waals surface area (Å²) in [6.07, 6.45) is 3.38. The highest BCUT2D eigenvalue weighted by Crippen LogP contribution is 2.31. The van der Waals surface area contributed by atoms with Crippen molar-refractivity contribution >= 4 is 23.3 Å². The van der Waals surface area contributed by atoms with Gasteiger partial charge in [-0.2, -0.15) is 0 Å². The maximum atomic E-state index is 12.2. The molecule has 6 heteroatoms. The molecule has 0 bridgehead atoms. The first-order valence-corrected chi connectivity index (χ1v) is 8.05. The number of nitrogens with one attached hydrogen (secondary N) is 2. The van der Waals surface area contributed by atoms with Crippen molar-refractivity contribution in [2.24, 2.45) is 0 Å². The van der Waals surface area contributed by atoms with Crippen LogP contribution in [0, 0.1) is 0 Å². The van der Waals surface area contributed by atoms with E-state index >= 15 is 0 Å². The van der Waals surface area contributed by atoms with Gasteiger partial charge in [0.1, 0.15) is 5.75 Å². The smallest absolute Gasteiger partial charge is 0.319 e. The molecule has 0 saturated heterocycles. The fourth-order valence-electron chi connectivity index (χ4n) is 2.16. The van der Waals surface area contributed by atoms with E-state index < -0.39 is 0 Å².